The summed E-state index contributed by atoms with van der Waals surface area (Å²) in [4.78, 5) is 11.2. The molecule has 20 heavy (non-hydrogen) atoms. The van der Waals surface area contributed by atoms with E-state index in [0.29, 0.717) is 0 Å². The second-order valence-corrected chi connectivity index (χ2v) is 5.49. The van der Waals surface area contributed by atoms with Crippen molar-refractivity contribution in [2.24, 2.45) is 0 Å². The molecule has 3 N–H and O–H groups in total. The average Bonchev–Trinajstić information content (AvgIpc) is 2.34. The van der Waals surface area contributed by atoms with E-state index in [-0.39, 0.29) is 11.4 Å². The van der Waals surface area contributed by atoms with Crippen LogP contribution in [0.4, 0.5) is 10.1 Å². The first-order valence-electron chi connectivity index (χ1n) is 5.02. The molecule has 0 aliphatic carbocycles. The number of nitrogens with two attached hydrogens (primary N) is 1. The maximum Gasteiger partial charge on any atom is 0.296 e. The molecule has 1 aromatic heterocycles. The van der Waals surface area contributed by atoms with Gasteiger partial charge in [-0.15, -0.1) is 0 Å². The third-order valence-corrected chi connectivity index (χ3v) is 3.66. The SMILES string of the molecule is Nc1cc(-n2ncc(F)c(Cl)c2=O)ccc1S(=O)(=O)O. The van der Waals surface area contributed by atoms with Gasteiger partial charge in [0.15, 0.2) is 5.82 Å². The molecule has 0 spiro atoms. The number of nitrogens with zero attached hydrogens (tertiary/aromatic N) is 2. The van der Waals surface area contributed by atoms with Crippen molar-refractivity contribution in [3.63, 3.8) is 0 Å². The second-order valence-electron chi connectivity index (χ2n) is 3.72. The van der Waals surface area contributed by atoms with E-state index >= 15 is 0 Å². The van der Waals surface area contributed by atoms with Crippen LogP contribution in [0.1, 0.15) is 0 Å². The predicted molar refractivity (Wildman–Crippen MR) is 69.0 cm³/mol. The van der Waals surface area contributed by atoms with Crippen molar-refractivity contribution in [1.29, 1.82) is 0 Å². The molecule has 2 aromatic rings. The molecule has 0 amide bonds. The number of aromatic nitrogens is 2. The third-order valence-electron chi connectivity index (χ3n) is 2.39. The number of hydrogen-bond acceptors (Lipinski definition) is 5. The van der Waals surface area contributed by atoms with Crippen LogP contribution in [0.2, 0.25) is 5.02 Å². The molecule has 0 aliphatic heterocycles. The van der Waals surface area contributed by atoms with Crippen LogP contribution >= 0.6 is 11.6 Å². The van der Waals surface area contributed by atoms with Crippen LogP contribution < -0.4 is 11.3 Å². The molecule has 2 rings (SSSR count). The molecule has 0 saturated carbocycles. The van der Waals surface area contributed by atoms with Crippen LogP contribution in [0.25, 0.3) is 5.69 Å². The Kier molecular flexibility index (Phi) is 3.50. The summed E-state index contributed by atoms with van der Waals surface area (Å²) in [6.45, 7) is 0. The van der Waals surface area contributed by atoms with Gasteiger partial charge < -0.3 is 5.73 Å². The molecule has 10 heteroatoms. The summed E-state index contributed by atoms with van der Waals surface area (Å²) in [7, 11) is -4.48. The number of hydrogen-bond donors (Lipinski definition) is 2. The fourth-order valence-electron chi connectivity index (χ4n) is 1.50. The average molecular weight is 320 g/mol. The second kappa shape index (κ2) is 4.85. The van der Waals surface area contributed by atoms with Crippen molar-refractivity contribution < 1.29 is 17.4 Å². The molecule has 1 aromatic carbocycles. The van der Waals surface area contributed by atoms with E-state index in [1.54, 1.807) is 0 Å². The Bertz CT molecular complexity index is 850. The first-order chi connectivity index (χ1) is 9.21. The van der Waals surface area contributed by atoms with Crippen LogP contribution in [-0.4, -0.2) is 22.8 Å². The molecular formula is C10H7ClFN3O4S. The van der Waals surface area contributed by atoms with E-state index in [1.165, 1.54) is 6.07 Å². The van der Waals surface area contributed by atoms with Crippen LogP contribution in [0.15, 0.2) is 34.1 Å². The lowest BCUT2D eigenvalue weighted by molar-refractivity contribution is 0.483. The van der Waals surface area contributed by atoms with Gasteiger partial charge in [0, 0.05) is 0 Å². The predicted octanol–water partition coefficient (Wildman–Crippen LogP) is 0.854. The van der Waals surface area contributed by atoms with Gasteiger partial charge in [-0.3, -0.25) is 9.35 Å². The number of halogens is 2. The summed E-state index contributed by atoms with van der Waals surface area (Å²) in [6, 6.07) is 3.25. The molecule has 0 fully saturated rings. The highest BCUT2D eigenvalue weighted by molar-refractivity contribution is 7.86. The van der Waals surface area contributed by atoms with Crippen molar-refractivity contribution in [2.75, 3.05) is 5.73 Å². The van der Waals surface area contributed by atoms with Crippen LogP contribution in [0.5, 0.6) is 0 Å². The van der Waals surface area contributed by atoms with Gasteiger partial charge in [0.2, 0.25) is 0 Å². The zero-order chi connectivity index (χ0) is 15.1. The normalized spacial score (nSPS) is 11.6. The zero-order valence-electron chi connectivity index (χ0n) is 9.62. The maximum absolute atomic E-state index is 13.0. The van der Waals surface area contributed by atoms with Crippen LogP contribution in [0.3, 0.4) is 0 Å². The van der Waals surface area contributed by atoms with E-state index in [4.69, 9.17) is 21.9 Å². The maximum atomic E-state index is 13.0. The first kappa shape index (κ1) is 14.4. The Balaban J connectivity index is 2.65. The van der Waals surface area contributed by atoms with Crippen molar-refractivity contribution in [2.45, 2.75) is 4.90 Å². The minimum absolute atomic E-state index is 0.0711. The quantitative estimate of drug-likeness (QED) is 0.626. The van der Waals surface area contributed by atoms with Crippen molar-refractivity contribution in [3.05, 3.63) is 45.6 Å². The van der Waals surface area contributed by atoms with Gasteiger partial charge in [-0.1, -0.05) is 11.6 Å². The topological polar surface area (TPSA) is 115 Å². The van der Waals surface area contributed by atoms with Crippen molar-refractivity contribution in [3.8, 4) is 5.69 Å². The van der Waals surface area contributed by atoms with Crippen LogP contribution in [0, 0.1) is 5.82 Å². The third kappa shape index (κ3) is 2.50. The number of anilines is 1. The summed E-state index contributed by atoms with van der Waals surface area (Å²) in [5.41, 5.74) is 4.33. The molecule has 0 bridgehead atoms. The Labute approximate surface area is 117 Å². The summed E-state index contributed by atoms with van der Waals surface area (Å²) >= 11 is 5.46. The minimum Gasteiger partial charge on any atom is -0.398 e. The monoisotopic (exact) mass is 319 g/mol. The van der Waals surface area contributed by atoms with Crippen LogP contribution in [-0.2, 0) is 10.1 Å². The Morgan fingerprint density at radius 1 is 1.40 bits per heavy atom. The molecule has 0 atom stereocenters. The Morgan fingerprint density at radius 3 is 2.60 bits per heavy atom. The molecule has 1 heterocycles. The molecule has 0 aliphatic rings. The van der Waals surface area contributed by atoms with Crippen molar-refractivity contribution in [1.82, 2.24) is 9.78 Å². The fourth-order valence-corrected chi connectivity index (χ4v) is 2.22. The lowest BCUT2D eigenvalue weighted by Gasteiger charge is -2.08. The van der Waals surface area contributed by atoms with E-state index < -0.39 is 31.4 Å². The van der Waals surface area contributed by atoms with Gasteiger partial charge >= 0.3 is 0 Å². The van der Waals surface area contributed by atoms with E-state index in [2.05, 4.69) is 5.10 Å². The van der Waals surface area contributed by atoms with Gasteiger partial charge in [0.05, 0.1) is 17.6 Å². The number of benzene rings is 1. The standard InChI is InChI=1S/C10H7ClFN3O4S/c11-9-6(12)4-14-15(10(9)16)5-1-2-8(7(13)3-5)20(17,18)19/h1-4H,13H2,(H,17,18,19). The lowest BCUT2D eigenvalue weighted by atomic mass is 10.3. The molecule has 0 unspecified atom stereocenters. The molecule has 106 valence electrons. The highest BCUT2D eigenvalue weighted by Crippen LogP contribution is 2.21. The van der Waals surface area contributed by atoms with Gasteiger partial charge in [0.1, 0.15) is 9.92 Å². The fraction of sp³-hybridized carbons (Fsp3) is 0. The Morgan fingerprint density at radius 2 is 2.05 bits per heavy atom. The summed E-state index contributed by atoms with van der Waals surface area (Å²) in [6.07, 6.45) is 0.733. The minimum atomic E-state index is -4.48. The van der Waals surface area contributed by atoms with Crippen molar-refractivity contribution >= 4 is 27.4 Å². The lowest BCUT2D eigenvalue weighted by Crippen LogP contribution is -2.22. The van der Waals surface area contributed by atoms with Gasteiger partial charge in [-0.05, 0) is 18.2 Å². The Hall–Kier alpha value is -1.97. The molecule has 7 nitrogen and oxygen atoms in total. The molecular weight excluding hydrogens is 313 g/mol. The highest BCUT2D eigenvalue weighted by atomic mass is 35.5. The van der Waals surface area contributed by atoms with E-state index in [9.17, 15) is 17.6 Å². The number of rotatable bonds is 2. The smallest absolute Gasteiger partial charge is 0.296 e. The van der Waals surface area contributed by atoms with E-state index in [1.807, 2.05) is 0 Å². The van der Waals surface area contributed by atoms with Gasteiger partial charge in [-0.25, -0.2) is 4.39 Å². The zero-order valence-corrected chi connectivity index (χ0v) is 11.2. The largest absolute Gasteiger partial charge is 0.398 e. The van der Waals surface area contributed by atoms with E-state index in [0.717, 1.165) is 23.0 Å². The highest BCUT2D eigenvalue weighted by Gasteiger charge is 2.16. The first-order valence-corrected chi connectivity index (χ1v) is 6.84. The number of nitrogen functional groups attached to an aromatic ring is 1. The van der Waals surface area contributed by atoms with Gasteiger partial charge in [-0.2, -0.15) is 18.2 Å². The summed E-state index contributed by atoms with van der Waals surface area (Å²) in [5, 5.41) is 2.86. The summed E-state index contributed by atoms with van der Waals surface area (Å²) in [5.74, 6) is -0.976. The summed E-state index contributed by atoms with van der Waals surface area (Å²) < 4.78 is 44.7. The van der Waals surface area contributed by atoms with Gasteiger partial charge in [0.25, 0.3) is 15.7 Å². The molecule has 0 radical (unpaired) electrons. The molecule has 0 saturated heterocycles.